The van der Waals surface area contributed by atoms with Crippen LogP contribution in [0.25, 0.3) is 0 Å². The fourth-order valence-corrected chi connectivity index (χ4v) is 5.50. The van der Waals surface area contributed by atoms with E-state index in [4.69, 9.17) is 4.74 Å². The number of nitrogens with zero attached hydrogens (tertiary/aromatic N) is 2. The quantitative estimate of drug-likeness (QED) is 0.838. The first-order chi connectivity index (χ1) is 10.9. The second-order valence-corrected chi connectivity index (χ2v) is 7.99. The van der Waals surface area contributed by atoms with Crippen LogP contribution in [-0.2, 0) is 14.8 Å². The minimum Gasteiger partial charge on any atom is -0.374 e. The number of morpholine rings is 1. The summed E-state index contributed by atoms with van der Waals surface area (Å²) in [5, 5.41) is 0. The van der Waals surface area contributed by atoms with Gasteiger partial charge in [0.2, 0.25) is 10.0 Å². The summed E-state index contributed by atoms with van der Waals surface area (Å²) in [5.41, 5.74) is 0.444. The van der Waals surface area contributed by atoms with Crippen LogP contribution < -0.4 is 0 Å². The maximum absolute atomic E-state index is 14.2. The molecule has 2 heterocycles. The van der Waals surface area contributed by atoms with Gasteiger partial charge in [-0.2, -0.15) is 4.31 Å². The molecule has 1 aromatic carbocycles. The number of piperidine rings is 1. The van der Waals surface area contributed by atoms with Crippen molar-refractivity contribution in [3.8, 4) is 0 Å². The molecule has 0 amide bonds. The van der Waals surface area contributed by atoms with Gasteiger partial charge in [0.25, 0.3) is 0 Å². The number of rotatable bonds is 3. The normalized spacial score (nSPS) is 26.9. The van der Waals surface area contributed by atoms with Crippen molar-refractivity contribution in [2.45, 2.75) is 37.3 Å². The molecular formula is C16H23FN2O3S. The third-order valence-electron chi connectivity index (χ3n) is 4.80. The molecule has 2 saturated heterocycles. The summed E-state index contributed by atoms with van der Waals surface area (Å²) in [6, 6.07) is 4.16. The second kappa shape index (κ2) is 6.47. The van der Waals surface area contributed by atoms with E-state index in [0.717, 1.165) is 19.6 Å². The third kappa shape index (κ3) is 3.03. The minimum atomic E-state index is -3.86. The van der Waals surface area contributed by atoms with E-state index >= 15 is 0 Å². The summed E-state index contributed by atoms with van der Waals surface area (Å²) in [5.74, 6) is -0.681. The van der Waals surface area contributed by atoms with E-state index in [0.29, 0.717) is 18.6 Å². The van der Waals surface area contributed by atoms with Crippen LogP contribution in [0.2, 0.25) is 0 Å². The van der Waals surface area contributed by atoms with E-state index in [1.807, 2.05) is 0 Å². The number of sulfonamides is 1. The van der Waals surface area contributed by atoms with Gasteiger partial charge in [-0.15, -0.1) is 0 Å². The molecule has 7 heteroatoms. The number of hydrogen-bond donors (Lipinski definition) is 0. The van der Waals surface area contributed by atoms with Crippen molar-refractivity contribution in [3.63, 3.8) is 0 Å². The molecule has 23 heavy (non-hydrogen) atoms. The Balaban J connectivity index is 1.94. The summed E-state index contributed by atoms with van der Waals surface area (Å²) < 4.78 is 47.6. The van der Waals surface area contributed by atoms with Gasteiger partial charge >= 0.3 is 0 Å². The summed E-state index contributed by atoms with van der Waals surface area (Å²) in [4.78, 5) is 2.06. The van der Waals surface area contributed by atoms with Crippen LogP contribution in [0.15, 0.2) is 23.1 Å². The molecule has 0 aromatic heterocycles. The third-order valence-corrected chi connectivity index (χ3v) is 6.90. The molecule has 2 aliphatic rings. The maximum Gasteiger partial charge on any atom is 0.246 e. The molecule has 2 fully saturated rings. The highest BCUT2D eigenvalue weighted by Crippen LogP contribution is 2.31. The predicted octanol–water partition coefficient (Wildman–Crippen LogP) is 1.62. The highest BCUT2D eigenvalue weighted by molar-refractivity contribution is 7.89. The molecule has 1 aromatic rings. The van der Waals surface area contributed by atoms with E-state index in [9.17, 15) is 12.8 Å². The van der Waals surface area contributed by atoms with E-state index < -0.39 is 15.8 Å². The van der Waals surface area contributed by atoms with Crippen LogP contribution in [0.3, 0.4) is 0 Å². The average Bonchev–Trinajstić information content (AvgIpc) is 2.53. The van der Waals surface area contributed by atoms with Gasteiger partial charge in [-0.3, -0.25) is 0 Å². The van der Waals surface area contributed by atoms with Crippen molar-refractivity contribution in [1.29, 1.82) is 0 Å². The molecule has 0 N–H and O–H groups in total. The minimum absolute atomic E-state index is 0.140. The largest absolute Gasteiger partial charge is 0.374 e. The van der Waals surface area contributed by atoms with Gasteiger partial charge in [-0.25, -0.2) is 12.8 Å². The van der Waals surface area contributed by atoms with Crippen LogP contribution in [0, 0.1) is 12.7 Å². The standard InChI is InChI=1S/C16H23FN2O3S/c1-3-18-8-7-14-15(11-18)22-10-9-19(14)23(20,21)16-12(2)5-4-6-13(16)17/h4-6,14-15H,3,7-11H2,1-2H3/t14-,15+/m0/s1. The Morgan fingerprint density at radius 2 is 2.13 bits per heavy atom. The summed E-state index contributed by atoms with van der Waals surface area (Å²) in [6.45, 7) is 6.83. The number of likely N-dealkylation sites (tertiary alicyclic amines) is 1. The molecule has 2 aliphatic heterocycles. The van der Waals surface area contributed by atoms with E-state index in [1.54, 1.807) is 13.0 Å². The molecule has 0 spiro atoms. The Morgan fingerprint density at radius 3 is 2.83 bits per heavy atom. The lowest BCUT2D eigenvalue weighted by Gasteiger charge is -2.45. The lowest BCUT2D eigenvalue weighted by atomic mass is 10.0. The van der Waals surface area contributed by atoms with Gasteiger partial charge in [-0.1, -0.05) is 19.1 Å². The SMILES string of the molecule is CCN1CC[C@H]2[C@@H](C1)OCCN2S(=O)(=O)c1c(C)cccc1F. The van der Waals surface area contributed by atoms with Crippen molar-refractivity contribution < 1.29 is 17.5 Å². The second-order valence-electron chi connectivity index (χ2n) is 6.16. The van der Waals surface area contributed by atoms with Gasteiger partial charge in [0, 0.05) is 13.1 Å². The Bertz CT molecular complexity index is 660. The first-order valence-electron chi connectivity index (χ1n) is 8.06. The highest BCUT2D eigenvalue weighted by atomic mass is 32.2. The zero-order chi connectivity index (χ0) is 16.6. The Morgan fingerprint density at radius 1 is 1.35 bits per heavy atom. The van der Waals surface area contributed by atoms with Crippen molar-refractivity contribution in [3.05, 3.63) is 29.6 Å². The van der Waals surface area contributed by atoms with E-state index in [1.165, 1.54) is 16.4 Å². The smallest absolute Gasteiger partial charge is 0.246 e. The summed E-state index contributed by atoms with van der Waals surface area (Å²) in [7, 11) is -3.86. The first kappa shape index (κ1) is 16.8. The summed E-state index contributed by atoms with van der Waals surface area (Å²) in [6.07, 6.45) is 0.574. The molecule has 128 valence electrons. The van der Waals surface area contributed by atoms with Crippen molar-refractivity contribution >= 4 is 10.0 Å². The zero-order valence-electron chi connectivity index (χ0n) is 13.5. The lowest BCUT2D eigenvalue weighted by molar-refractivity contribution is -0.0773. The van der Waals surface area contributed by atoms with E-state index in [-0.39, 0.29) is 23.6 Å². The fraction of sp³-hybridized carbons (Fsp3) is 0.625. The van der Waals surface area contributed by atoms with Crippen LogP contribution in [0.5, 0.6) is 0 Å². The number of likely N-dealkylation sites (N-methyl/N-ethyl adjacent to an activating group) is 1. The topological polar surface area (TPSA) is 49.9 Å². The monoisotopic (exact) mass is 342 g/mol. The van der Waals surface area contributed by atoms with Crippen molar-refractivity contribution in [2.24, 2.45) is 0 Å². The fourth-order valence-electron chi connectivity index (χ4n) is 3.57. The molecule has 2 atom stereocenters. The Kier molecular flexibility index (Phi) is 4.73. The van der Waals surface area contributed by atoms with Gasteiger partial charge in [0.05, 0.1) is 18.8 Å². The molecule has 0 saturated carbocycles. The van der Waals surface area contributed by atoms with Crippen molar-refractivity contribution in [1.82, 2.24) is 9.21 Å². The average molecular weight is 342 g/mol. The maximum atomic E-state index is 14.2. The lowest BCUT2D eigenvalue weighted by Crippen LogP contribution is -2.60. The van der Waals surface area contributed by atoms with Crippen LogP contribution in [0.4, 0.5) is 4.39 Å². The number of aryl methyl sites for hydroxylation is 1. The van der Waals surface area contributed by atoms with Crippen LogP contribution in [-0.4, -0.2) is 62.6 Å². The number of ether oxygens (including phenoxy) is 1. The number of hydrogen-bond acceptors (Lipinski definition) is 4. The molecule has 3 rings (SSSR count). The molecular weight excluding hydrogens is 319 g/mol. The molecule has 0 unspecified atom stereocenters. The summed E-state index contributed by atoms with van der Waals surface area (Å²) >= 11 is 0. The number of benzene rings is 1. The molecule has 5 nitrogen and oxygen atoms in total. The Hall–Kier alpha value is -1.02. The highest BCUT2D eigenvalue weighted by Gasteiger charge is 2.43. The number of halogens is 1. The van der Waals surface area contributed by atoms with Gasteiger partial charge in [-0.05, 0) is 38.1 Å². The van der Waals surface area contributed by atoms with E-state index in [2.05, 4.69) is 11.8 Å². The number of fused-ring (bicyclic) bond motifs is 1. The molecule has 0 bridgehead atoms. The van der Waals surface area contributed by atoms with Gasteiger partial charge in [0.15, 0.2) is 0 Å². The van der Waals surface area contributed by atoms with Crippen molar-refractivity contribution in [2.75, 3.05) is 32.8 Å². The molecule has 0 radical (unpaired) electrons. The van der Waals surface area contributed by atoms with Crippen LogP contribution in [0.1, 0.15) is 18.9 Å². The Labute approximate surface area is 137 Å². The zero-order valence-corrected chi connectivity index (χ0v) is 14.4. The van der Waals surface area contributed by atoms with Gasteiger partial charge < -0.3 is 9.64 Å². The predicted molar refractivity (Wildman–Crippen MR) is 85.3 cm³/mol. The first-order valence-corrected chi connectivity index (χ1v) is 9.50. The van der Waals surface area contributed by atoms with Gasteiger partial charge in [0.1, 0.15) is 10.7 Å². The molecule has 0 aliphatic carbocycles. The van der Waals surface area contributed by atoms with Crippen LogP contribution >= 0.6 is 0 Å².